The molecule has 6 nitrogen and oxygen atoms in total. The number of benzene rings is 2. The number of hydrogen-bond acceptors (Lipinski definition) is 4. The zero-order chi connectivity index (χ0) is 18.2. The predicted octanol–water partition coefficient (Wildman–Crippen LogP) is 2.38. The van der Waals surface area contributed by atoms with Gasteiger partial charge in [0, 0.05) is 6.04 Å². The van der Waals surface area contributed by atoms with Crippen LogP contribution in [0.3, 0.4) is 0 Å². The number of halogens is 1. The average molecular weight is 384 g/mol. The Hall–Kier alpha value is -1.97. The molecule has 0 bridgehead atoms. The number of hydrogen-bond donors (Lipinski definition) is 2. The van der Waals surface area contributed by atoms with Crippen LogP contribution in [-0.2, 0) is 20.0 Å². The highest BCUT2D eigenvalue weighted by molar-refractivity contribution is 7.92. The largest absolute Gasteiger partial charge is 0.279 e. The molecule has 25 heavy (non-hydrogen) atoms. The maximum absolute atomic E-state index is 13.3. The van der Waals surface area contributed by atoms with Crippen molar-refractivity contribution in [3.05, 3.63) is 53.8 Å². The lowest BCUT2D eigenvalue weighted by molar-refractivity contribution is 0.580. The van der Waals surface area contributed by atoms with Crippen LogP contribution in [0.25, 0.3) is 0 Å². The van der Waals surface area contributed by atoms with E-state index in [0.29, 0.717) is 5.56 Å². The van der Waals surface area contributed by atoms with Gasteiger partial charge in [-0.3, -0.25) is 4.72 Å². The molecule has 0 unspecified atom stereocenters. The van der Waals surface area contributed by atoms with E-state index in [9.17, 15) is 21.2 Å². The highest BCUT2D eigenvalue weighted by Gasteiger charge is 2.28. The Bertz CT molecular complexity index is 999. The number of rotatable bonds is 6. The van der Waals surface area contributed by atoms with Gasteiger partial charge >= 0.3 is 0 Å². The fourth-order valence-corrected chi connectivity index (χ4v) is 4.62. The fraction of sp³-hybridized carbons (Fsp3) is 0.250. The molecule has 1 saturated carbocycles. The van der Waals surface area contributed by atoms with E-state index in [-0.39, 0.29) is 21.5 Å². The molecule has 1 fully saturated rings. The number of anilines is 1. The Labute approximate surface area is 146 Å². The normalized spacial score (nSPS) is 15.1. The summed E-state index contributed by atoms with van der Waals surface area (Å²) in [5, 5.41) is 0. The molecule has 134 valence electrons. The van der Waals surface area contributed by atoms with Crippen molar-refractivity contribution < 1.29 is 21.2 Å². The van der Waals surface area contributed by atoms with Gasteiger partial charge in [0.05, 0.1) is 15.5 Å². The van der Waals surface area contributed by atoms with Gasteiger partial charge in [0.15, 0.2) is 0 Å². The second kappa shape index (κ2) is 6.40. The molecule has 0 aliphatic heterocycles. The molecular weight excluding hydrogens is 367 g/mol. The van der Waals surface area contributed by atoms with Crippen LogP contribution < -0.4 is 9.44 Å². The Balaban J connectivity index is 1.84. The van der Waals surface area contributed by atoms with Crippen LogP contribution in [0.5, 0.6) is 0 Å². The summed E-state index contributed by atoms with van der Waals surface area (Å²) in [5.74, 6) is -0.559. The maximum Gasteiger partial charge on any atom is 0.261 e. The van der Waals surface area contributed by atoms with Crippen molar-refractivity contribution in [3.8, 4) is 0 Å². The monoisotopic (exact) mass is 384 g/mol. The van der Waals surface area contributed by atoms with E-state index in [1.807, 2.05) is 0 Å². The van der Waals surface area contributed by atoms with E-state index in [0.717, 1.165) is 18.9 Å². The number of aryl methyl sites for hydroxylation is 1. The average Bonchev–Trinajstić information content (AvgIpc) is 3.34. The third kappa shape index (κ3) is 4.17. The molecule has 0 amide bonds. The summed E-state index contributed by atoms with van der Waals surface area (Å²) in [6.45, 7) is 1.65. The molecule has 0 heterocycles. The molecule has 2 aromatic carbocycles. The smallest absolute Gasteiger partial charge is 0.261 e. The van der Waals surface area contributed by atoms with E-state index < -0.39 is 25.9 Å². The molecule has 0 radical (unpaired) electrons. The fourth-order valence-electron chi connectivity index (χ4n) is 2.19. The SMILES string of the molecule is Cc1ccc(F)cc1NS(=O)(=O)c1ccc(S(=O)(=O)NC2CC2)cc1. The minimum atomic E-state index is -3.96. The van der Waals surface area contributed by atoms with Crippen molar-refractivity contribution in [2.45, 2.75) is 35.6 Å². The second-order valence-corrected chi connectivity index (χ2v) is 9.33. The van der Waals surface area contributed by atoms with Crippen molar-refractivity contribution in [1.82, 2.24) is 4.72 Å². The lowest BCUT2D eigenvalue weighted by Gasteiger charge is -2.11. The van der Waals surface area contributed by atoms with Crippen molar-refractivity contribution in [2.24, 2.45) is 0 Å². The topological polar surface area (TPSA) is 92.3 Å². The molecule has 0 atom stereocenters. The Morgan fingerprint density at radius 2 is 1.48 bits per heavy atom. The summed E-state index contributed by atoms with van der Waals surface area (Å²) < 4.78 is 67.2. The third-order valence-electron chi connectivity index (χ3n) is 3.79. The minimum Gasteiger partial charge on any atom is -0.279 e. The summed E-state index contributed by atoms with van der Waals surface area (Å²) in [6, 6.07) is 8.63. The van der Waals surface area contributed by atoms with Crippen LogP contribution in [0.2, 0.25) is 0 Å². The van der Waals surface area contributed by atoms with E-state index >= 15 is 0 Å². The standard InChI is InChI=1S/C16H17FN2O4S2/c1-11-2-3-12(17)10-16(11)19-25(22,23)15-8-6-14(7-9-15)24(20,21)18-13-4-5-13/h2-3,6-10,13,18-19H,4-5H2,1H3. The second-order valence-electron chi connectivity index (χ2n) is 5.93. The zero-order valence-corrected chi connectivity index (χ0v) is 15.0. The van der Waals surface area contributed by atoms with E-state index in [2.05, 4.69) is 9.44 Å². The number of sulfonamides is 2. The molecule has 3 rings (SSSR count). The van der Waals surface area contributed by atoms with Gasteiger partial charge in [0.1, 0.15) is 5.82 Å². The van der Waals surface area contributed by atoms with Crippen molar-refractivity contribution in [2.75, 3.05) is 4.72 Å². The first-order chi connectivity index (χ1) is 11.7. The first kappa shape index (κ1) is 17.8. The van der Waals surface area contributed by atoms with E-state index in [4.69, 9.17) is 0 Å². The summed E-state index contributed by atoms with van der Waals surface area (Å²) in [5.41, 5.74) is 0.699. The predicted molar refractivity (Wildman–Crippen MR) is 91.7 cm³/mol. The Kier molecular flexibility index (Phi) is 4.56. The zero-order valence-electron chi connectivity index (χ0n) is 13.4. The molecule has 0 aromatic heterocycles. The van der Waals surface area contributed by atoms with Gasteiger partial charge in [-0.2, -0.15) is 0 Å². The summed E-state index contributed by atoms with van der Waals surface area (Å²) >= 11 is 0. The highest BCUT2D eigenvalue weighted by atomic mass is 32.2. The molecule has 1 aliphatic rings. The van der Waals surface area contributed by atoms with Crippen LogP contribution in [0, 0.1) is 12.7 Å². The van der Waals surface area contributed by atoms with Crippen molar-refractivity contribution in [1.29, 1.82) is 0 Å². The first-order valence-electron chi connectivity index (χ1n) is 7.59. The lowest BCUT2D eigenvalue weighted by Crippen LogP contribution is -2.25. The lowest BCUT2D eigenvalue weighted by atomic mass is 10.2. The molecule has 2 N–H and O–H groups in total. The summed E-state index contributed by atoms with van der Waals surface area (Å²) in [7, 11) is -7.60. The van der Waals surface area contributed by atoms with Crippen LogP contribution in [-0.4, -0.2) is 22.9 Å². The Morgan fingerprint density at radius 1 is 0.920 bits per heavy atom. The molecule has 0 spiro atoms. The van der Waals surface area contributed by atoms with Gasteiger partial charge in [-0.25, -0.2) is 25.9 Å². The van der Waals surface area contributed by atoms with E-state index in [1.54, 1.807) is 6.92 Å². The van der Waals surface area contributed by atoms with Gasteiger partial charge in [-0.1, -0.05) is 6.07 Å². The summed E-state index contributed by atoms with van der Waals surface area (Å²) in [6.07, 6.45) is 1.62. The van der Waals surface area contributed by atoms with Crippen LogP contribution in [0.15, 0.2) is 52.3 Å². The molecule has 0 saturated heterocycles. The van der Waals surface area contributed by atoms with Gasteiger partial charge in [-0.15, -0.1) is 0 Å². The van der Waals surface area contributed by atoms with Crippen LogP contribution in [0.1, 0.15) is 18.4 Å². The molecule has 1 aliphatic carbocycles. The molecule has 9 heteroatoms. The van der Waals surface area contributed by atoms with Gasteiger partial charge in [0.25, 0.3) is 10.0 Å². The van der Waals surface area contributed by atoms with Crippen molar-refractivity contribution in [3.63, 3.8) is 0 Å². The van der Waals surface area contributed by atoms with Crippen LogP contribution >= 0.6 is 0 Å². The Morgan fingerprint density at radius 3 is 2.04 bits per heavy atom. The van der Waals surface area contributed by atoms with Gasteiger partial charge in [0.2, 0.25) is 10.0 Å². The first-order valence-corrected chi connectivity index (χ1v) is 10.6. The maximum atomic E-state index is 13.3. The van der Waals surface area contributed by atoms with Gasteiger partial charge < -0.3 is 0 Å². The highest BCUT2D eigenvalue weighted by Crippen LogP contribution is 2.24. The van der Waals surface area contributed by atoms with Crippen molar-refractivity contribution >= 4 is 25.7 Å². The quantitative estimate of drug-likeness (QED) is 0.800. The number of nitrogens with one attached hydrogen (secondary N) is 2. The minimum absolute atomic E-state index is 0.000265. The van der Waals surface area contributed by atoms with Crippen LogP contribution in [0.4, 0.5) is 10.1 Å². The third-order valence-corrected chi connectivity index (χ3v) is 6.71. The van der Waals surface area contributed by atoms with Gasteiger partial charge in [-0.05, 0) is 61.7 Å². The summed E-state index contributed by atoms with van der Waals surface area (Å²) in [4.78, 5) is -0.109. The molecule has 2 aromatic rings. The molecular formula is C16H17FN2O4S2. The van der Waals surface area contributed by atoms with E-state index in [1.165, 1.54) is 36.4 Å².